The molecule has 25 heavy (non-hydrogen) atoms. The molecule has 7 nitrogen and oxygen atoms in total. The normalized spacial score (nSPS) is 10.5. The largest absolute Gasteiger partial charge is 0.493 e. The lowest BCUT2D eigenvalue weighted by Crippen LogP contribution is -2.41. The molecule has 1 aromatic carbocycles. The van der Waals surface area contributed by atoms with Gasteiger partial charge in [0.05, 0.1) is 31.3 Å². The fourth-order valence-electron chi connectivity index (χ4n) is 2.00. The van der Waals surface area contributed by atoms with Crippen molar-refractivity contribution in [3.63, 3.8) is 0 Å². The lowest BCUT2D eigenvalue weighted by Gasteiger charge is -2.07. The first-order chi connectivity index (χ1) is 12.0. The molecular formula is C17H19N3O4S. The second-order valence-corrected chi connectivity index (χ2v) is 6.08. The number of amides is 2. The van der Waals surface area contributed by atoms with Crippen LogP contribution in [0.15, 0.2) is 29.7 Å². The molecule has 0 fully saturated rings. The third-order valence-corrected chi connectivity index (χ3v) is 3.99. The average molecular weight is 361 g/mol. The molecule has 2 amide bonds. The smallest absolute Gasteiger partial charge is 0.262 e. The van der Waals surface area contributed by atoms with Gasteiger partial charge in [-0.1, -0.05) is 6.07 Å². The number of rotatable bonds is 6. The van der Waals surface area contributed by atoms with Crippen molar-refractivity contribution < 1.29 is 19.1 Å². The fourth-order valence-corrected chi connectivity index (χ4v) is 2.61. The second kappa shape index (κ2) is 8.84. The third kappa shape index (κ3) is 5.61. The second-order valence-electron chi connectivity index (χ2n) is 5.02. The van der Waals surface area contributed by atoms with E-state index in [0.29, 0.717) is 17.2 Å². The molecule has 132 valence electrons. The summed E-state index contributed by atoms with van der Waals surface area (Å²) in [6.45, 7) is 1.87. The van der Waals surface area contributed by atoms with Gasteiger partial charge < -0.3 is 9.47 Å². The molecule has 2 N–H and O–H groups in total. The van der Waals surface area contributed by atoms with E-state index < -0.39 is 5.91 Å². The fraction of sp³-hybridized carbons (Fsp3) is 0.235. The van der Waals surface area contributed by atoms with Crippen LogP contribution in [0.25, 0.3) is 6.08 Å². The number of nitrogens with one attached hydrogen (secondary N) is 2. The first-order valence-corrected chi connectivity index (χ1v) is 8.29. The Balaban J connectivity index is 1.85. The third-order valence-electron chi connectivity index (χ3n) is 3.17. The van der Waals surface area contributed by atoms with Crippen LogP contribution in [0.4, 0.5) is 0 Å². The number of nitrogens with zero attached hydrogens (tertiary/aromatic N) is 1. The average Bonchev–Trinajstić information content (AvgIpc) is 3.02. The molecule has 0 aliphatic heterocycles. The van der Waals surface area contributed by atoms with Gasteiger partial charge in [-0.3, -0.25) is 20.4 Å². The van der Waals surface area contributed by atoms with Gasteiger partial charge in [-0.25, -0.2) is 4.98 Å². The van der Waals surface area contributed by atoms with Crippen LogP contribution in [-0.2, 0) is 16.0 Å². The molecule has 8 heteroatoms. The Morgan fingerprint density at radius 2 is 1.96 bits per heavy atom. The SMILES string of the molecule is COc1ccc(/C=C/C(=O)NNC(=O)Cc2csc(C)n2)cc1OC. The summed E-state index contributed by atoms with van der Waals surface area (Å²) in [4.78, 5) is 27.7. The number of carbonyl (C=O) groups is 2. The van der Waals surface area contributed by atoms with Crippen LogP contribution in [0.2, 0.25) is 0 Å². The zero-order chi connectivity index (χ0) is 18.2. The van der Waals surface area contributed by atoms with E-state index >= 15 is 0 Å². The Bertz CT molecular complexity index is 786. The van der Waals surface area contributed by atoms with Gasteiger partial charge in [-0.2, -0.15) is 0 Å². The number of aromatic nitrogens is 1. The summed E-state index contributed by atoms with van der Waals surface area (Å²) >= 11 is 1.47. The van der Waals surface area contributed by atoms with E-state index in [1.165, 1.54) is 24.5 Å². The maximum Gasteiger partial charge on any atom is 0.262 e. The zero-order valence-electron chi connectivity index (χ0n) is 14.2. The Morgan fingerprint density at radius 3 is 2.60 bits per heavy atom. The minimum absolute atomic E-state index is 0.115. The number of hydrogen-bond acceptors (Lipinski definition) is 6. The molecule has 0 saturated carbocycles. The number of hydrazine groups is 1. The van der Waals surface area contributed by atoms with Crippen molar-refractivity contribution in [1.82, 2.24) is 15.8 Å². The Kier molecular flexibility index (Phi) is 6.53. The van der Waals surface area contributed by atoms with Crippen LogP contribution in [0.3, 0.4) is 0 Å². The first-order valence-electron chi connectivity index (χ1n) is 7.41. The molecule has 0 aliphatic rings. The van der Waals surface area contributed by atoms with Gasteiger partial charge in [0.15, 0.2) is 11.5 Å². The van der Waals surface area contributed by atoms with Crippen LogP contribution in [-0.4, -0.2) is 31.0 Å². The number of ether oxygens (including phenoxy) is 2. The zero-order valence-corrected chi connectivity index (χ0v) is 15.0. The molecule has 0 atom stereocenters. The van der Waals surface area contributed by atoms with Crippen molar-refractivity contribution in [3.8, 4) is 11.5 Å². The maximum absolute atomic E-state index is 11.8. The topological polar surface area (TPSA) is 89.6 Å². The van der Waals surface area contributed by atoms with Crippen molar-refractivity contribution in [2.24, 2.45) is 0 Å². The highest BCUT2D eigenvalue weighted by molar-refractivity contribution is 7.09. The van der Waals surface area contributed by atoms with Crippen LogP contribution in [0, 0.1) is 6.92 Å². The summed E-state index contributed by atoms with van der Waals surface area (Å²) in [6.07, 6.45) is 3.03. The summed E-state index contributed by atoms with van der Waals surface area (Å²) in [5, 5.41) is 2.71. The molecule has 0 radical (unpaired) electrons. The molecule has 0 saturated heterocycles. The van der Waals surface area contributed by atoms with Gasteiger partial charge in [-0.05, 0) is 30.7 Å². The van der Waals surface area contributed by atoms with Crippen LogP contribution in [0.1, 0.15) is 16.3 Å². The highest BCUT2D eigenvalue weighted by Crippen LogP contribution is 2.27. The van der Waals surface area contributed by atoms with Crippen molar-refractivity contribution in [1.29, 1.82) is 0 Å². The minimum Gasteiger partial charge on any atom is -0.493 e. The summed E-state index contributed by atoms with van der Waals surface area (Å²) < 4.78 is 10.4. The summed E-state index contributed by atoms with van der Waals surface area (Å²) in [5.74, 6) is 0.390. The van der Waals surface area contributed by atoms with Gasteiger partial charge in [0.1, 0.15) is 0 Å². The molecule has 1 heterocycles. The Labute approximate surface area is 149 Å². The molecule has 0 aliphatic carbocycles. The Hall–Kier alpha value is -2.87. The number of methoxy groups -OCH3 is 2. The monoisotopic (exact) mass is 361 g/mol. The van der Waals surface area contributed by atoms with Gasteiger partial charge in [0.25, 0.3) is 5.91 Å². The maximum atomic E-state index is 11.8. The van der Waals surface area contributed by atoms with Crippen molar-refractivity contribution in [2.45, 2.75) is 13.3 Å². The van der Waals surface area contributed by atoms with E-state index in [2.05, 4.69) is 15.8 Å². The number of aryl methyl sites for hydroxylation is 1. The van der Waals surface area contributed by atoms with E-state index in [-0.39, 0.29) is 12.3 Å². The molecule has 0 unspecified atom stereocenters. The number of hydrogen-bond donors (Lipinski definition) is 2. The van der Waals surface area contributed by atoms with E-state index in [1.807, 2.05) is 12.3 Å². The summed E-state index contributed by atoms with van der Waals surface area (Å²) in [5.41, 5.74) is 6.11. The molecule has 1 aromatic heterocycles. The molecular weight excluding hydrogens is 342 g/mol. The molecule has 2 aromatic rings. The number of benzene rings is 1. The highest BCUT2D eigenvalue weighted by Gasteiger charge is 2.07. The van der Waals surface area contributed by atoms with E-state index in [4.69, 9.17) is 9.47 Å². The minimum atomic E-state index is -0.447. The van der Waals surface area contributed by atoms with Crippen molar-refractivity contribution >= 4 is 29.2 Å². The van der Waals surface area contributed by atoms with Crippen molar-refractivity contribution in [3.05, 3.63) is 45.9 Å². The van der Waals surface area contributed by atoms with Gasteiger partial charge >= 0.3 is 0 Å². The summed E-state index contributed by atoms with van der Waals surface area (Å²) in [7, 11) is 3.09. The lowest BCUT2D eigenvalue weighted by molar-refractivity contribution is -0.126. The standard InChI is InChI=1S/C17H19N3O4S/c1-11-18-13(10-25-11)9-17(22)20-19-16(21)7-5-12-4-6-14(23-2)15(8-12)24-3/h4-8,10H,9H2,1-3H3,(H,19,21)(H,20,22)/b7-5+. The molecule has 0 bridgehead atoms. The highest BCUT2D eigenvalue weighted by atomic mass is 32.1. The van der Waals surface area contributed by atoms with Gasteiger partial charge in [0.2, 0.25) is 5.91 Å². The van der Waals surface area contributed by atoms with E-state index in [9.17, 15) is 9.59 Å². The molecule has 2 rings (SSSR count). The lowest BCUT2D eigenvalue weighted by atomic mass is 10.2. The predicted octanol–water partition coefficient (Wildman–Crippen LogP) is 1.87. The molecule has 0 spiro atoms. The van der Waals surface area contributed by atoms with Crippen LogP contribution in [0.5, 0.6) is 11.5 Å². The van der Waals surface area contributed by atoms with Crippen molar-refractivity contribution in [2.75, 3.05) is 14.2 Å². The predicted molar refractivity (Wildman–Crippen MR) is 95.4 cm³/mol. The summed E-state index contributed by atoms with van der Waals surface area (Å²) in [6, 6.07) is 5.27. The van der Waals surface area contributed by atoms with Crippen LogP contribution < -0.4 is 20.3 Å². The van der Waals surface area contributed by atoms with E-state index in [1.54, 1.807) is 31.4 Å². The Morgan fingerprint density at radius 1 is 1.20 bits per heavy atom. The van der Waals surface area contributed by atoms with Crippen LogP contribution >= 0.6 is 11.3 Å². The quantitative estimate of drug-likeness (QED) is 0.606. The first kappa shape index (κ1) is 18.5. The number of thiazole rings is 1. The van der Waals surface area contributed by atoms with Gasteiger partial charge in [0, 0.05) is 11.5 Å². The van der Waals surface area contributed by atoms with Gasteiger partial charge in [-0.15, -0.1) is 11.3 Å². The number of carbonyl (C=O) groups excluding carboxylic acids is 2. The van der Waals surface area contributed by atoms with E-state index in [0.717, 1.165) is 10.6 Å².